The maximum atomic E-state index is 13.5. The number of hydrogen-bond donors (Lipinski definition) is 1. The van der Waals surface area contributed by atoms with E-state index < -0.39 is 38.8 Å². The molecule has 0 aliphatic heterocycles. The number of nitrogens with one attached hydrogen (secondary N) is 1. The Hall–Kier alpha value is -2.35. The molecular weight excluding hydrogens is 319 g/mol. The first kappa shape index (κ1) is 16.0. The summed E-state index contributed by atoms with van der Waals surface area (Å²) in [6.07, 6.45) is 1.03. The largest absolute Gasteiger partial charge is 0.322 e. The molecule has 0 radical (unpaired) electrons. The van der Waals surface area contributed by atoms with Gasteiger partial charge in [0.1, 0.15) is 0 Å². The molecule has 0 unspecified atom stereocenters. The van der Waals surface area contributed by atoms with Crippen molar-refractivity contribution in [3.8, 4) is 0 Å². The van der Waals surface area contributed by atoms with E-state index in [9.17, 15) is 26.4 Å². The van der Waals surface area contributed by atoms with E-state index in [1.807, 2.05) is 0 Å². The lowest BCUT2D eigenvalue weighted by molar-refractivity contribution is 0.102. The summed E-state index contributed by atoms with van der Waals surface area (Å²) in [4.78, 5) is 11.9. The van der Waals surface area contributed by atoms with Crippen LogP contribution in [0.4, 0.5) is 18.9 Å². The number of hydrogen-bond acceptors (Lipinski definition) is 3. The zero-order valence-corrected chi connectivity index (χ0v) is 12.0. The molecule has 0 fully saturated rings. The molecule has 0 saturated heterocycles. The van der Waals surface area contributed by atoms with Gasteiger partial charge in [0.2, 0.25) is 0 Å². The van der Waals surface area contributed by atoms with Gasteiger partial charge in [-0.25, -0.2) is 21.6 Å². The topological polar surface area (TPSA) is 63.2 Å². The van der Waals surface area contributed by atoms with Crippen LogP contribution < -0.4 is 5.32 Å². The molecule has 0 spiro atoms. The minimum atomic E-state index is -3.38. The number of anilines is 1. The number of carbonyl (C=O) groups excluding carboxylic acids is 1. The Labute approximate surface area is 124 Å². The van der Waals surface area contributed by atoms with Crippen LogP contribution in [0, 0.1) is 17.5 Å². The Morgan fingerprint density at radius 1 is 0.955 bits per heavy atom. The summed E-state index contributed by atoms with van der Waals surface area (Å²) in [6, 6.07) is 6.56. The number of sulfone groups is 1. The van der Waals surface area contributed by atoms with Crippen molar-refractivity contribution < 1.29 is 26.4 Å². The van der Waals surface area contributed by atoms with Crippen molar-refractivity contribution in [2.24, 2.45) is 0 Å². The minimum Gasteiger partial charge on any atom is -0.322 e. The van der Waals surface area contributed by atoms with Crippen molar-refractivity contribution in [2.45, 2.75) is 4.90 Å². The molecule has 22 heavy (non-hydrogen) atoms. The number of benzene rings is 2. The molecule has 2 aromatic carbocycles. The maximum absolute atomic E-state index is 13.5. The predicted molar refractivity (Wildman–Crippen MR) is 73.8 cm³/mol. The van der Waals surface area contributed by atoms with Crippen LogP contribution in [0.15, 0.2) is 41.3 Å². The van der Waals surface area contributed by atoms with E-state index >= 15 is 0 Å². The molecule has 0 atom stereocenters. The molecule has 1 N–H and O–H groups in total. The van der Waals surface area contributed by atoms with E-state index in [0.717, 1.165) is 12.3 Å². The Bertz CT molecular complexity index is 833. The molecule has 0 aliphatic carbocycles. The van der Waals surface area contributed by atoms with Gasteiger partial charge in [-0.15, -0.1) is 0 Å². The smallest absolute Gasteiger partial charge is 0.258 e. The van der Waals surface area contributed by atoms with Crippen LogP contribution in [0.1, 0.15) is 10.4 Å². The van der Waals surface area contributed by atoms with Crippen LogP contribution in [-0.4, -0.2) is 20.6 Å². The van der Waals surface area contributed by atoms with Crippen LogP contribution in [0.3, 0.4) is 0 Å². The maximum Gasteiger partial charge on any atom is 0.258 e. The van der Waals surface area contributed by atoms with Gasteiger partial charge < -0.3 is 5.32 Å². The summed E-state index contributed by atoms with van der Waals surface area (Å²) in [5.74, 6) is -5.71. The van der Waals surface area contributed by atoms with Crippen LogP contribution in [-0.2, 0) is 9.84 Å². The number of carbonyl (C=O) groups is 1. The SMILES string of the molecule is CS(=O)(=O)c1ccc(NC(=O)c2ccc(F)c(F)c2F)cc1. The molecule has 1 amide bonds. The molecule has 0 aromatic heterocycles. The Balaban J connectivity index is 2.24. The second-order valence-electron chi connectivity index (χ2n) is 4.47. The van der Waals surface area contributed by atoms with Gasteiger partial charge in [0.05, 0.1) is 10.5 Å². The first-order chi connectivity index (χ1) is 10.2. The normalized spacial score (nSPS) is 11.3. The summed E-state index contributed by atoms with van der Waals surface area (Å²) >= 11 is 0. The molecule has 0 heterocycles. The van der Waals surface area contributed by atoms with E-state index in [1.54, 1.807) is 0 Å². The third-order valence-electron chi connectivity index (χ3n) is 2.82. The van der Waals surface area contributed by atoms with Gasteiger partial charge in [0.25, 0.3) is 5.91 Å². The van der Waals surface area contributed by atoms with Crippen molar-refractivity contribution in [2.75, 3.05) is 11.6 Å². The molecular formula is C14H10F3NO3S. The number of halogens is 3. The van der Waals surface area contributed by atoms with Crippen molar-refractivity contribution in [1.82, 2.24) is 0 Å². The number of rotatable bonds is 3. The highest BCUT2D eigenvalue weighted by Crippen LogP contribution is 2.18. The Morgan fingerprint density at radius 3 is 2.09 bits per heavy atom. The summed E-state index contributed by atoms with van der Waals surface area (Å²) < 4.78 is 61.9. The molecule has 4 nitrogen and oxygen atoms in total. The van der Waals surface area contributed by atoms with Gasteiger partial charge in [-0.05, 0) is 36.4 Å². The fourth-order valence-corrected chi connectivity index (χ4v) is 2.32. The molecule has 116 valence electrons. The summed E-state index contributed by atoms with van der Waals surface area (Å²) in [5.41, 5.74) is -0.479. The average molecular weight is 329 g/mol. The second kappa shape index (κ2) is 5.80. The lowest BCUT2D eigenvalue weighted by Gasteiger charge is -2.07. The molecule has 0 bridgehead atoms. The van der Waals surface area contributed by atoms with Gasteiger partial charge in [-0.3, -0.25) is 4.79 Å². The summed E-state index contributed by atoms with van der Waals surface area (Å²) in [7, 11) is -3.38. The van der Waals surface area contributed by atoms with Crippen molar-refractivity contribution in [1.29, 1.82) is 0 Å². The van der Waals surface area contributed by atoms with Gasteiger partial charge in [-0.2, -0.15) is 0 Å². The van der Waals surface area contributed by atoms with Crippen molar-refractivity contribution in [3.05, 3.63) is 59.4 Å². The third kappa shape index (κ3) is 3.28. The van der Waals surface area contributed by atoms with Gasteiger partial charge in [0, 0.05) is 11.9 Å². The Kier molecular flexibility index (Phi) is 4.23. The van der Waals surface area contributed by atoms with E-state index in [-0.39, 0.29) is 10.6 Å². The monoisotopic (exact) mass is 329 g/mol. The zero-order valence-electron chi connectivity index (χ0n) is 11.2. The molecule has 8 heteroatoms. The summed E-state index contributed by atoms with van der Waals surface area (Å²) in [5, 5.41) is 2.26. The first-order valence-electron chi connectivity index (χ1n) is 5.95. The lowest BCUT2D eigenvalue weighted by atomic mass is 10.1. The van der Waals surface area contributed by atoms with Crippen LogP contribution in [0.25, 0.3) is 0 Å². The lowest BCUT2D eigenvalue weighted by Crippen LogP contribution is -2.15. The first-order valence-corrected chi connectivity index (χ1v) is 7.84. The molecule has 0 aliphatic rings. The van der Waals surface area contributed by atoms with Crippen LogP contribution in [0.2, 0.25) is 0 Å². The Morgan fingerprint density at radius 2 is 1.55 bits per heavy atom. The predicted octanol–water partition coefficient (Wildman–Crippen LogP) is 2.76. The zero-order chi connectivity index (χ0) is 16.5. The third-order valence-corrected chi connectivity index (χ3v) is 3.95. The quantitative estimate of drug-likeness (QED) is 0.881. The fraction of sp³-hybridized carbons (Fsp3) is 0.0714. The highest BCUT2D eigenvalue weighted by molar-refractivity contribution is 7.90. The molecule has 0 saturated carbocycles. The van der Waals surface area contributed by atoms with Gasteiger partial charge >= 0.3 is 0 Å². The molecule has 2 rings (SSSR count). The van der Waals surface area contributed by atoms with E-state index in [2.05, 4.69) is 5.32 Å². The van der Waals surface area contributed by atoms with Gasteiger partial charge in [0.15, 0.2) is 27.3 Å². The molecule has 2 aromatic rings. The summed E-state index contributed by atoms with van der Waals surface area (Å²) in [6.45, 7) is 0. The van der Waals surface area contributed by atoms with E-state index in [0.29, 0.717) is 6.07 Å². The van der Waals surface area contributed by atoms with Gasteiger partial charge in [-0.1, -0.05) is 0 Å². The van der Waals surface area contributed by atoms with Crippen LogP contribution >= 0.6 is 0 Å². The number of amides is 1. The standard InChI is InChI=1S/C14H10F3NO3S/c1-22(20,21)9-4-2-8(3-5-9)18-14(19)10-6-7-11(15)13(17)12(10)16/h2-7H,1H3,(H,18,19). The minimum absolute atomic E-state index is 0.0458. The van der Waals surface area contributed by atoms with E-state index in [1.165, 1.54) is 24.3 Å². The fourth-order valence-electron chi connectivity index (χ4n) is 1.69. The highest BCUT2D eigenvalue weighted by atomic mass is 32.2. The van der Waals surface area contributed by atoms with E-state index in [4.69, 9.17) is 0 Å². The highest BCUT2D eigenvalue weighted by Gasteiger charge is 2.19. The van der Waals surface area contributed by atoms with Crippen LogP contribution in [0.5, 0.6) is 0 Å². The van der Waals surface area contributed by atoms with Crippen molar-refractivity contribution >= 4 is 21.4 Å². The average Bonchev–Trinajstić information content (AvgIpc) is 2.44. The second-order valence-corrected chi connectivity index (χ2v) is 6.49. The van der Waals surface area contributed by atoms with Crippen molar-refractivity contribution in [3.63, 3.8) is 0 Å².